The number of imidazole rings is 1. The van der Waals surface area contributed by atoms with E-state index in [2.05, 4.69) is 24.1 Å². The van der Waals surface area contributed by atoms with Crippen molar-refractivity contribution >= 4 is 17.1 Å². The molecule has 0 fully saturated rings. The van der Waals surface area contributed by atoms with Crippen LogP contribution in [0.2, 0.25) is 0 Å². The van der Waals surface area contributed by atoms with Crippen molar-refractivity contribution in [3.63, 3.8) is 0 Å². The van der Waals surface area contributed by atoms with Gasteiger partial charge in [0.05, 0.1) is 0 Å². The molecule has 2 rings (SSSR count). The van der Waals surface area contributed by atoms with Crippen LogP contribution in [0, 0.1) is 0 Å². The molecule has 1 atom stereocenters. The molecular formula is C14H23N5O2. The van der Waals surface area contributed by atoms with E-state index in [1.165, 1.54) is 11.6 Å². The highest BCUT2D eigenvalue weighted by atomic mass is 16.2. The summed E-state index contributed by atoms with van der Waals surface area (Å²) in [6.07, 6.45) is 1.83. The number of fused-ring (bicyclic) bond motifs is 1. The highest BCUT2D eigenvalue weighted by Crippen LogP contribution is 2.17. The van der Waals surface area contributed by atoms with Gasteiger partial charge < -0.3 is 9.88 Å². The lowest BCUT2D eigenvalue weighted by atomic mass is 10.3. The van der Waals surface area contributed by atoms with Crippen molar-refractivity contribution in [3.8, 4) is 0 Å². The third-order valence-corrected chi connectivity index (χ3v) is 3.78. The van der Waals surface area contributed by atoms with Crippen LogP contribution in [-0.4, -0.2) is 24.7 Å². The fourth-order valence-corrected chi connectivity index (χ4v) is 2.32. The van der Waals surface area contributed by atoms with Gasteiger partial charge in [0.2, 0.25) is 5.95 Å². The minimum absolute atomic E-state index is 0.248. The van der Waals surface area contributed by atoms with Gasteiger partial charge in [-0.1, -0.05) is 13.8 Å². The zero-order valence-corrected chi connectivity index (χ0v) is 13.3. The van der Waals surface area contributed by atoms with Crippen molar-refractivity contribution in [1.82, 2.24) is 18.7 Å². The Morgan fingerprint density at radius 2 is 1.86 bits per heavy atom. The molecule has 0 aliphatic heterocycles. The minimum Gasteiger partial charge on any atom is -0.353 e. The first-order valence-corrected chi connectivity index (χ1v) is 7.35. The van der Waals surface area contributed by atoms with E-state index in [9.17, 15) is 9.59 Å². The second-order valence-electron chi connectivity index (χ2n) is 5.42. The summed E-state index contributed by atoms with van der Waals surface area (Å²) in [5, 5.41) is 3.32. The summed E-state index contributed by atoms with van der Waals surface area (Å²) in [6.45, 7) is 6.88. The van der Waals surface area contributed by atoms with E-state index < -0.39 is 0 Å². The molecule has 21 heavy (non-hydrogen) atoms. The molecule has 1 N–H and O–H groups in total. The van der Waals surface area contributed by atoms with E-state index in [-0.39, 0.29) is 17.3 Å². The molecule has 1 unspecified atom stereocenters. The number of aryl methyl sites for hydroxylation is 2. The van der Waals surface area contributed by atoms with Crippen LogP contribution >= 0.6 is 0 Å². The summed E-state index contributed by atoms with van der Waals surface area (Å²) in [5.41, 5.74) is 0.254. The van der Waals surface area contributed by atoms with Crippen LogP contribution in [0.15, 0.2) is 9.59 Å². The minimum atomic E-state index is -0.358. The van der Waals surface area contributed by atoms with Gasteiger partial charge in [-0.15, -0.1) is 0 Å². The smallest absolute Gasteiger partial charge is 0.332 e. The van der Waals surface area contributed by atoms with E-state index in [0.717, 1.165) is 17.4 Å². The quantitative estimate of drug-likeness (QED) is 0.894. The molecule has 7 heteroatoms. The predicted octanol–water partition coefficient (Wildman–Crippen LogP) is 1.05. The molecule has 116 valence electrons. The van der Waals surface area contributed by atoms with Gasteiger partial charge in [-0.25, -0.2) is 4.79 Å². The molecule has 2 aromatic heterocycles. The second kappa shape index (κ2) is 5.75. The standard InChI is InChI=1S/C14H23N5O2/c1-6-8-19-10-11(16-13(19)15-9(3)7-2)17(4)14(21)18(5)12(10)20/h9H,6-8H2,1-5H3,(H,15,16). The van der Waals surface area contributed by atoms with Crippen molar-refractivity contribution in [1.29, 1.82) is 0 Å². The van der Waals surface area contributed by atoms with Crippen LogP contribution in [0.4, 0.5) is 5.95 Å². The number of hydrogen-bond donors (Lipinski definition) is 1. The Hall–Kier alpha value is -2.05. The van der Waals surface area contributed by atoms with Crippen molar-refractivity contribution in [2.75, 3.05) is 5.32 Å². The Balaban J connectivity index is 2.80. The van der Waals surface area contributed by atoms with Gasteiger partial charge in [0, 0.05) is 26.7 Å². The lowest BCUT2D eigenvalue weighted by molar-refractivity contribution is 0.667. The first kappa shape index (κ1) is 15.3. The first-order chi connectivity index (χ1) is 9.92. The molecule has 0 aliphatic carbocycles. The normalized spacial score (nSPS) is 12.8. The molecule has 0 spiro atoms. The summed E-state index contributed by atoms with van der Waals surface area (Å²) in [6, 6.07) is 0.248. The molecule has 0 saturated heterocycles. The molecule has 0 bridgehead atoms. The molecule has 7 nitrogen and oxygen atoms in total. The van der Waals surface area contributed by atoms with Gasteiger partial charge in [-0.2, -0.15) is 4.98 Å². The van der Waals surface area contributed by atoms with Gasteiger partial charge in [0.15, 0.2) is 11.2 Å². The summed E-state index contributed by atoms with van der Waals surface area (Å²) in [5.74, 6) is 0.652. The molecule has 0 amide bonds. The van der Waals surface area contributed by atoms with Crippen LogP contribution in [0.3, 0.4) is 0 Å². The van der Waals surface area contributed by atoms with Crippen molar-refractivity contribution in [2.24, 2.45) is 14.1 Å². The molecular weight excluding hydrogens is 270 g/mol. The van der Waals surface area contributed by atoms with E-state index in [1.807, 2.05) is 11.5 Å². The van der Waals surface area contributed by atoms with E-state index in [0.29, 0.717) is 23.7 Å². The van der Waals surface area contributed by atoms with Crippen LogP contribution in [-0.2, 0) is 20.6 Å². The highest BCUT2D eigenvalue weighted by molar-refractivity contribution is 5.74. The average Bonchev–Trinajstić information content (AvgIpc) is 2.82. The van der Waals surface area contributed by atoms with Gasteiger partial charge in [0.1, 0.15) is 0 Å². The number of nitrogens with one attached hydrogen (secondary N) is 1. The fraction of sp³-hybridized carbons (Fsp3) is 0.643. The average molecular weight is 293 g/mol. The second-order valence-corrected chi connectivity index (χ2v) is 5.42. The number of anilines is 1. The summed E-state index contributed by atoms with van der Waals surface area (Å²) < 4.78 is 4.43. The lowest BCUT2D eigenvalue weighted by Gasteiger charge is -2.14. The summed E-state index contributed by atoms with van der Waals surface area (Å²) >= 11 is 0. The van der Waals surface area contributed by atoms with Crippen molar-refractivity contribution < 1.29 is 0 Å². The van der Waals surface area contributed by atoms with E-state index >= 15 is 0 Å². The van der Waals surface area contributed by atoms with Gasteiger partial charge in [-0.3, -0.25) is 13.9 Å². The Morgan fingerprint density at radius 1 is 1.19 bits per heavy atom. The van der Waals surface area contributed by atoms with Crippen LogP contribution in [0.5, 0.6) is 0 Å². The van der Waals surface area contributed by atoms with E-state index in [4.69, 9.17) is 0 Å². The molecule has 2 aromatic rings. The Kier molecular flexibility index (Phi) is 4.20. The molecule has 2 heterocycles. The predicted molar refractivity (Wildman–Crippen MR) is 83.9 cm³/mol. The first-order valence-electron chi connectivity index (χ1n) is 7.35. The van der Waals surface area contributed by atoms with Crippen LogP contribution in [0.1, 0.15) is 33.6 Å². The maximum Gasteiger partial charge on any atom is 0.332 e. The largest absolute Gasteiger partial charge is 0.353 e. The van der Waals surface area contributed by atoms with Crippen molar-refractivity contribution in [3.05, 3.63) is 20.8 Å². The third kappa shape index (κ3) is 2.48. The Bertz CT molecular complexity index is 768. The third-order valence-electron chi connectivity index (χ3n) is 3.78. The van der Waals surface area contributed by atoms with Crippen LogP contribution < -0.4 is 16.6 Å². The Morgan fingerprint density at radius 3 is 2.43 bits per heavy atom. The zero-order valence-electron chi connectivity index (χ0n) is 13.3. The number of hydrogen-bond acceptors (Lipinski definition) is 4. The SMILES string of the molecule is CCCn1c(NC(C)CC)nc2c1c(=O)n(C)c(=O)n2C. The van der Waals surface area contributed by atoms with Gasteiger partial charge >= 0.3 is 5.69 Å². The fourth-order valence-electron chi connectivity index (χ4n) is 2.32. The Labute approximate surface area is 123 Å². The topological polar surface area (TPSA) is 73.8 Å². The maximum atomic E-state index is 12.4. The summed E-state index contributed by atoms with van der Waals surface area (Å²) in [4.78, 5) is 28.9. The summed E-state index contributed by atoms with van der Waals surface area (Å²) in [7, 11) is 3.13. The molecule has 0 aromatic carbocycles. The highest BCUT2D eigenvalue weighted by Gasteiger charge is 2.19. The molecule has 0 radical (unpaired) electrons. The maximum absolute atomic E-state index is 12.4. The zero-order chi connectivity index (χ0) is 15.7. The number of nitrogens with zero attached hydrogens (tertiary/aromatic N) is 4. The van der Waals surface area contributed by atoms with Crippen molar-refractivity contribution in [2.45, 2.75) is 46.2 Å². The van der Waals surface area contributed by atoms with E-state index in [1.54, 1.807) is 7.05 Å². The number of rotatable bonds is 5. The molecule has 0 aliphatic rings. The van der Waals surface area contributed by atoms with Gasteiger partial charge in [0.25, 0.3) is 5.56 Å². The monoisotopic (exact) mass is 293 g/mol. The van der Waals surface area contributed by atoms with Gasteiger partial charge in [-0.05, 0) is 19.8 Å². The number of aromatic nitrogens is 4. The van der Waals surface area contributed by atoms with Crippen LogP contribution in [0.25, 0.3) is 11.2 Å². The lowest BCUT2D eigenvalue weighted by Crippen LogP contribution is -2.37. The molecule has 0 saturated carbocycles.